The summed E-state index contributed by atoms with van der Waals surface area (Å²) in [6.45, 7) is 6.37. The van der Waals surface area contributed by atoms with Crippen LogP contribution < -0.4 is 0 Å². The van der Waals surface area contributed by atoms with E-state index in [2.05, 4.69) is 63.3 Å². The summed E-state index contributed by atoms with van der Waals surface area (Å²) < 4.78 is 0. The van der Waals surface area contributed by atoms with Crippen LogP contribution in [0, 0.1) is 0 Å². The molecule has 0 spiro atoms. The van der Waals surface area contributed by atoms with Gasteiger partial charge in [-0.15, -0.1) is 0 Å². The monoisotopic (exact) mass is 214 g/mol. The van der Waals surface area contributed by atoms with E-state index >= 15 is 0 Å². The van der Waals surface area contributed by atoms with E-state index < -0.39 is 0 Å². The van der Waals surface area contributed by atoms with Gasteiger partial charge in [0.25, 0.3) is 0 Å². The van der Waals surface area contributed by atoms with Gasteiger partial charge in [-0.2, -0.15) is 0 Å². The third-order valence-corrected chi connectivity index (χ3v) is 2.68. The number of allylic oxidation sites excluding steroid dienone is 10. The predicted octanol–water partition coefficient (Wildman–Crippen LogP) is 5.12. The molecular weight excluding hydrogens is 192 g/mol. The van der Waals surface area contributed by atoms with Crippen LogP contribution in [-0.2, 0) is 0 Å². The lowest BCUT2D eigenvalue weighted by atomic mass is 10.0. The average Bonchev–Trinajstić information content (AvgIpc) is 2.46. The van der Waals surface area contributed by atoms with Crippen LogP contribution >= 0.6 is 0 Å². The summed E-state index contributed by atoms with van der Waals surface area (Å²) >= 11 is 0. The lowest BCUT2D eigenvalue weighted by molar-refractivity contribution is 0.880. The third-order valence-electron chi connectivity index (χ3n) is 2.68. The van der Waals surface area contributed by atoms with Gasteiger partial charge in [0.15, 0.2) is 0 Å². The molecule has 0 bridgehead atoms. The zero-order valence-electron chi connectivity index (χ0n) is 10.7. The van der Waals surface area contributed by atoms with Gasteiger partial charge in [-0.3, -0.25) is 0 Å². The van der Waals surface area contributed by atoms with Crippen molar-refractivity contribution in [2.24, 2.45) is 0 Å². The van der Waals surface area contributed by atoms with Crippen LogP contribution in [0.5, 0.6) is 0 Å². The molecule has 0 heterocycles. The molecule has 1 rings (SSSR count). The Morgan fingerprint density at radius 2 is 1.75 bits per heavy atom. The van der Waals surface area contributed by atoms with Crippen LogP contribution in [0.3, 0.4) is 0 Å². The standard InChI is InChI=1S/C16H22/c1-4-7-14-10-12-15(8-5-2)16(9-6-3)13-11-14/h5-6,8-10,12-13H,4,7,11H2,1-3H3/b8-5-,9-6-. The van der Waals surface area contributed by atoms with E-state index in [0.717, 1.165) is 6.42 Å². The number of hydrogen-bond donors (Lipinski definition) is 0. The topological polar surface area (TPSA) is 0 Å². The van der Waals surface area contributed by atoms with Crippen molar-refractivity contribution >= 4 is 0 Å². The quantitative estimate of drug-likeness (QED) is 0.609. The fraction of sp³-hybridized carbons (Fsp3) is 0.375. The molecule has 0 aromatic rings. The van der Waals surface area contributed by atoms with Crippen LogP contribution in [0.4, 0.5) is 0 Å². The second-order valence-electron chi connectivity index (χ2n) is 4.06. The van der Waals surface area contributed by atoms with Crippen molar-refractivity contribution < 1.29 is 0 Å². The Labute approximate surface area is 99.8 Å². The Hall–Kier alpha value is -1.30. The minimum Gasteiger partial charge on any atom is -0.0871 e. The van der Waals surface area contributed by atoms with E-state index in [1.807, 2.05) is 0 Å². The Balaban J connectivity index is 2.96. The van der Waals surface area contributed by atoms with Gasteiger partial charge in [-0.1, -0.05) is 61.4 Å². The molecule has 0 amide bonds. The molecule has 0 fully saturated rings. The van der Waals surface area contributed by atoms with Crippen molar-refractivity contribution in [2.75, 3.05) is 0 Å². The molecule has 0 heteroatoms. The van der Waals surface area contributed by atoms with E-state index in [4.69, 9.17) is 0 Å². The largest absolute Gasteiger partial charge is 0.0871 e. The van der Waals surface area contributed by atoms with E-state index in [1.54, 1.807) is 0 Å². The second kappa shape index (κ2) is 7.05. The molecule has 1 aliphatic carbocycles. The lowest BCUT2D eigenvalue weighted by Gasteiger charge is -2.01. The second-order valence-corrected chi connectivity index (χ2v) is 4.06. The van der Waals surface area contributed by atoms with Crippen LogP contribution in [0.25, 0.3) is 0 Å². The van der Waals surface area contributed by atoms with Gasteiger partial charge >= 0.3 is 0 Å². The first-order chi connectivity index (χ1) is 7.81. The minimum atomic E-state index is 1.09. The molecule has 16 heavy (non-hydrogen) atoms. The summed E-state index contributed by atoms with van der Waals surface area (Å²) in [7, 11) is 0. The van der Waals surface area contributed by atoms with Gasteiger partial charge < -0.3 is 0 Å². The SMILES string of the molecule is C/C=C\C1=CC=C(CCC)CC=C1/C=C\C. The minimum absolute atomic E-state index is 1.09. The van der Waals surface area contributed by atoms with E-state index in [0.29, 0.717) is 0 Å². The number of rotatable bonds is 4. The molecule has 0 saturated carbocycles. The molecular formula is C16H22. The molecule has 0 saturated heterocycles. The summed E-state index contributed by atoms with van der Waals surface area (Å²) in [5, 5.41) is 0. The van der Waals surface area contributed by atoms with E-state index in [-0.39, 0.29) is 0 Å². The summed E-state index contributed by atoms with van der Waals surface area (Å²) in [4.78, 5) is 0. The Kier molecular flexibility index (Phi) is 5.63. The molecule has 86 valence electrons. The van der Waals surface area contributed by atoms with Crippen molar-refractivity contribution in [3.8, 4) is 0 Å². The van der Waals surface area contributed by atoms with Crippen molar-refractivity contribution in [2.45, 2.75) is 40.0 Å². The first kappa shape index (κ1) is 12.8. The molecule has 0 aromatic carbocycles. The van der Waals surface area contributed by atoms with Crippen molar-refractivity contribution in [3.05, 3.63) is 59.3 Å². The lowest BCUT2D eigenvalue weighted by Crippen LogP contribution is -1.82. The van der Waals surface area contributed by atoms with Gasteiger partial charge in [-0.25, -0.2) is 0 Å². The molecule has 0 aliphatic heterocycles. The normalized spacial score (nSPS) is 17.3. The molecule has 1 aliphatic rings. The van der Waals surface area contributed by atoms with Gasteiger partial charge in [-0.05, 0) is 37.8 Å². The van der Waals surface area contributed by atoms with E-state index in [9.17, 15) is 0 Å². The van der Waals surface area contributed by atoms with Crippen molar-refractivity contribution in [1.82, 2.24) is 0 Å². The molecule has 0 atom stereocenters. The van der Waals surface area contributed by atoms with Crippen LogP contribution in [-0.4, -0.2) is 0 Å². The highest BCUT2D eigenvalue weighted by Crippen LogP contribution is 2.22. The Bertz CT molecular complexity index is 359. The summed E-state index contributed by atoms with van der Waals surface area (Å²) in [5.74, 6) is 0. The summed E-state index contributed by atoms with van der Waals surface area (Å²) in [5.41, 5.74) is 4.18. The van der Waals surface area contributed by atoms with Gasteiger partial charge in [0.05, 0.1) is 0 Å². The first-order valence-electron chi connectivity index (χ1n) is 6.17. The van der Waals surface area contributed by atoms with Gasteiger partial charge in [0, 0.05) is 0 Å². The Morgan fingerprint density at radius 3 is 2.38 bits per heavy atom. The molecule has 0 radical (unpaired) electrons. The maximum absolute atomic E-state index is 2.33. The van der Waals surface area contributed by atoms with Crippen LogP contribution in [0.1, 0.15) is 40.0 Å². The van der Waals surface area contributed by atoms with Crippen LogP contribution in [0.2, 0.25) is 0 Å². The van der Waals surface area contributed by atoms with Gasteiger partial charge in [0.1, 0.15) is 0 Å². The zero-order valence-corrected chi connectivity index (χ0v) is 10.7. The maximum Gasteiger partial charge on any atom is -0.0126 e. The average molecular weight is 214 g/mol. The van der Waals surface area contributed by atoms with Crippen LogP contribution in [0.15, 0.2) is 59.3 Å². The smallest absolute Gasteiger partial charge is 0.0126 e. The summed E-state index contributed by atoms with van der Waals surface area (Å²) in [6, 6.07) is 0. The number of hydrogen-bond acceptors (Lipinski definition) is 0. The van der Waals surface area contributed by atoms with Gasteiger partial charge in [0.2, 0.25) is 0 Å². The van der Waals surface area contributed by atoms with Crippen molar-refractivity contribution in [1.29, 1.82) is 0 Å². The van der Waals surface area contributed by atoms with E-state index in [1.165, 1.54) is 29.6 Å². The maximum atomic E-state index is 2.33. The molecule has 0 nitrogen and oxygen atoms in total. The molecule has 0 N–H and O–H groups in total. The fourth-order valence-corrected chi connectivity index (χ4v) is 1.91. The Morgan fingerprint density at radius 1 is 1.06 bits per heavy atom. The van der Waals surface area contributed by atoms with Crippen molar-refractivity contribution in [3.63, 3.8) is 0 Å². The highest BCUT2D eigenvalue weighted by Gasteiger charge is 2.03. The predicted molar refractivity (Wildman–Crippen MR) is 73.4 cm³/mol. The highest BCUT2D eigenvalue weighted by atomic mass is 14.1. The molecule has 0 aromatic heterocycles. The third kappa shape index (κ3) is 3.69. The molecule has 0 unspecified atom stereocenters. The zero-order chi connectivity index (χ0) is 11.8. The summed E-state index contributed by atoms with van der Waals surface area (Å²) in [6.07, 6.45) is 19.0. The fourth-order valence-electron chi connectivity index (χ4n) is 1.91. The highest BCUT2D eigenvalue weighted by molar-refractivity contribution is 5.50. The first-order valence-corrected chi connectivity index (χ1v) is 6.17.